The van der Waals surface area contributed by atoms with E-state index in [9.17, 15) is 5.11 Å². The molecule has 1 unspecified atom stereocenters. The van der Waals surface area contributed by atoms with Gasteiger partial charge >= 0.3 is 0 Å². The molecule has 0 bridgehead atoms. The average molecular weight is 314 g/mol. The molecular weight excluding hydrogens is 288 g/mol. The van der Waals surface area contributed by atoms with E-state index in [1.807, 2.05) is 18.3 Å². The molecule has 1 aromatic carbocycles. The highest BCUT2D eigenvalue weighted by molar-refractivity contribution is 5.50. The summed E-state index contributed by atoms with van der Waals surface area (Å²) >= 11 is 0. The maximum Gasteiger partial charge on any atom is 0.110 e. The molecule has 4 heteroatoms. The van der Waals surface area contributed by atoms with Crippen LogP contribution in [0.25, 0.3) is 6.08 Å². The van der Waals surface area contributed by atoms with Crippen molar-refractivity contribution in [1.29, 1.82) is 0 Å². The molecule has 0 saturated heterocycles. The zero-order valence-corrected chi connectivity index (χ0v) is 13.7. The molecule has 0 radical (unpaired) electrons. The van der Waals surface area contributed by atoms with Gasteiger partial charge in [-0.3, -0.25) is 0 Å². The highest BCUT2D eigenvalue weighted by Crippen LogP contribution is 2.11. The van der Waals surface area contributed by atoms with Crippen LogP contribution in [-0.4, -0.2) is 34.9 Å². The quantitative estimate of drug-likeness (QED) is 0.659. The first-order valence-corrected chi connectivity index (χ1v) is 8.20. The molecule has 2 aromatic rings. The summed E-state index contributed by atoms with van der Waals surface area (Å²) in [5, 5.41) is 9.96. The summed E-state index contributed by atoms with van der Waals surface area (Å²) in [6, 6.07) is 8.33. The van der Waals surface area contributed by atoms with Crippen molar-refractivity contribution in [2.75, 3.05) is 13.7 Å². The third-order valence-corrected chi connectivity index (χ3v) is 3.77. The molecule has 0 fully saturated rings. The van der Waals surface area contributed by atoms with Gasteiger partial charge in [-0.05, 0) is 24.0 Å². The van der Waals surface area contributed by atoms with Crippen molar-refractivity contribution in [2.45, 2.75) is 38.2 Å². The molecule has 0 aliphatic carbocycles. The minimum Gasteiger partial charge on any atom is -0.389 e. The first-order valence-electron chi connectivity index (χ1n) is 8.20. The molecule has 0 amide bonds. The van der Waals surface area contributed by atoms with E-state index in [4.69, 9.17) is 4.74 Å². The molecule has 1 heterocycles. The third-order valence-electron chi connectivity index (χ3n) is 3.77. The zero-order chi connectivity index (χ0) is 16.3. The highest BCUT2D eigenvalue weighted by atomic mass is 16.5. The molecule has 23 heavy (non-hydrogen) atoms. The SMILES string of the molecule is COCCCCCC(O)C=Cc1ccc(Cc2ncc[nH]2)cc1. The molecule has 0 saturated carbocycles. The van der Waals surface area contributed by atoms with Crippen LogP contribution in [0.3, 0.4) is 0 Å². The van der Waals surface area contributed by atoms with Crippen LogP contribution in [0.5, 0.6) is 0 Å². The number of rotatable bonds is 10. The summed E-state index contributed by atoms with van der Waals surface area (Å²) in [6.45, 7) is 0.802. The first-order chi connectivity index (χ1) is 11.3. The van der Waals surface area contributed by atoms with Crippen molar-refractivity contribution in [3.63, 3.8) is 0 Å². The van der Waals surface area contributed by atoms with Crippen LogP contribution in [0, 0.1) is 0 Å². The summed E-state index contributed by atoms with van der Waals surface area (Å²) in [5.41, 5.74) is 2.32. The van der Waals surface area contributed by atoms with Crippen LogP contribution in [0.1, 0.15) is 42.6 Å². The Kier molecular flexibility index (Phi) is 7.57. The molecule has 0 aliphatic heterocycles. The van der Waals surface area contributed by atoms with Crippen LogP contribution in [0.4, 0.5) is 0 Å². The number of hydrogen-bond donors (Lipinski definition) is 2. The Morgan fingerprint density at radius 1 is 1.22 bits per heavy atom. The van der Waals surface area contributed by atoms with Crippen LogP contribution in [0.2, 0.25) is 0 Å². The monoisotopic (exact) mass is 314 g/mol. The van der Waals surface area contributed by atoms with E-state index in [-0.39, 0.29) is 6.10 Å². The van der Waals surface area contributed by atoms with E-state index in [2.05, 4.69) is 34.2 Å². The lowest BCUT2D eigenvalue weighted by atomic mass is 10.1. The van der Waals surface area contributed by atoms with E-state index in [0.29, 0.717) is 0 Å². The highest BCUT2D eigenvalue weighted by Gasteiger charge is 2.00. The Labute approximate surface area is 138 Å². The van der Waals surface area contributed by atoms with Crippen molar-refractivity contribution in [1.82, 2.24) is 9.97 Å². The van der Waals surface area contributed by atoms with Gasteiger partial charge in [0.1, 0.15) is 5.82 Å². The van der Waals surface area contributed by atoms with Gasteiger partial charge in [-0.25, -0.2) is 4.98 Å². The van der Waals surface area contributed by atoms with Crippen LogP contribution < -0.4 is 0 Å². The first kappa shape index (κ1) is 17.4. The normalized spacial score (nSPS) is 12.8. The Bertz CT molecular complexity index is 562. The summed E-state index contributed by atoms with van der Waals surface area (Å²) in [7, 11) is 1.72. The minimum atomic E-state index is -0.375. The number of unbranched alkanes of at least 4 members (excludes halogenated alkanes) is 2. The fourth-order valence-corrected chi connectivity index (χ4v) is 2.43. The number of aromatic nitrogens is 2. The standard InChI is InChI=1S/C19H26N2O2/c1-23-14-4-2-3-5-18(22)11-10-16-6-8-17(9-7-16)15-19-20-12-13-21-19/h6-13,18,22H,2-5,14-15H2,1H3,(H,20,21). The molecule has 0 spiro atoms. The van der Waals surface area contributed by atoms with E-state index >= 15 is 0 Å². The summed E-state index contributed by atoms with van der Waals surface area (Å²) in [5.74, 6) is 0.970. The number of aliphatic hydroxyl groups is 1. The zero-order valence-electron chi connectivity index (χ0n) is 13.7. The molecular formula is C19H26N2O2. The Hall–Kier alpha value is -1.91. The van der Waals surface area contributed by atoms with Gasteiger partial charge in [0, 0.05) is 32.5 Å². The van der Waals surface area contributed by atoms with Gasteiger partial charge in [0.05, 0.1) is 6.10 Å². The summed E-state index contributed by atoms with van der Waals surface area (Å²) in [4.78, 5) is 7.34. The van der Waals surface area contributed by atoms with E-state index in [1.165, 1.54) is 5.56 Å². The van der Waals surface area contributed by atoms with Crippen LogP contribution in [0.15, 0.2) is 42.7 Å². The predicted octanol–water partition coefficient (Wildman–Crippen LogP) is 3.58. The number of aliphatic hydroxyl groups excluding tert-OH is 1. The summed E-state index contributed by atoms with van der Waals surface area (Å²) in [6.07, 6.45) is 11.9. The molecule has 2 rings (SSSR count). The number of ether oxygens (including phenoxy) is 1. The average Bonchev–Trinajstić information content (AvgIpc) is 3.07. The topological polar surface area (TPSA) is 58.1 Å². The van der Waals surface area contributed by atoms with Crippen molar-refractivity contribution < 1.29 is 9.84 Å². The van der Waals surface area contributed by atoms with E-state index in [0.717, 1.165) is 50.1 Å². The van der Waals surface area contributed by atoms with Gasteiger partial charge in [-0.15, -0.1) is 0 Å². The molecule has 1 atom stereocenters. The number of benzene rings is 1. The summed E-state index contributed by atoms with van der Waals surface area (Å²) < 4.78 is 5.01. The Morgan fingerprint density at radius 3 is 2.74 bits per heavy atom. The predicted molar refractivity (Wildman–Crippen MR) is 93.2 cm³/mol. The number of hydrogen-bond acceptors (Lipinski definition) is 3. The maximum atomic E-state index is 9.96. The van der Waals surface area contributed by atoms with Gasteiger partial charge in [0.25, 0.3) is 0 Å². The number of imidazole rings is 1. The molecule has 124 valence electrons. The Balaban J connectivity index is 1.73. The van der Waals surface area contributed by atoms with Gasteiger partial charge in [-0.2, -0.15) is 0 Å². The second kappa shape index (κ2) is 9.98. The third kappa shape index (κ3) is 6.80. The van der Waals surface area contributed by atoms with Crippen molar-refractivity contribution in [3.05, 3.63) is 59.7 Å². The van der Waals surface area contributed by atoms with Gasteiger partial charge in [0.2, 0.25) is 0 Å². The van der Waals surface area contributed by atoms with Crippen molar-refractivity contribution in [3.8, 4) is 0 Å². The smallest absolute Gasteiger partial charge is 0.110 e. The fraction of sp³-hybridized carbons (Fsp3) is 0.421. The molecule has 1 aromatic heterocycles. The fourth-order valence-electron chi connectivity index (χ4n) is 2.43. The van der Waals surface area contributed by atoms with Crippen molar-refractivity contribution >= 4 is 6.08 Å². The largest absolute Gasteiger partial charge is 0.389 e. The minimum absolute atomic E-state index is 0.375. The van der Waals surface area contributed by atoms with Crippen molar-refractivity contribution in [2.24, 2.45) is 0 Å². The number of methoxy groups -OCH3 is 1. The lowest BCUT2D eigenvalue weighted by molar-refractivity contribution is 0.184. The lowest BCUT2D eigenvalue weighted by Gasteiger charge is -2.05. The van der Waals surface area contributed by atoms with Crippen LogP contribution in [-0.2, 0) is 11.2 Å². The number of nitrogens with zero attached hydrogens (tertiary/aromatic N) is 1. The van der Waals surface area contributed by atoms with Gasteiger partial charge in [-0.1, -0.05) is 49.3 Å². The van der Waals surface area contributed by atoms with E-state index < -0.39 is 0 Å². The number of aromatic amines is 1. The molecule has 0 aliphatic rings. The van der Waals surface area contributed by atoms with Gasteiger partial charge in [0.15, 0.2) is 0 Å². The molecule has 2 N–H and O–H groups in total. The second-order valence-electron chi connectivity index (χ2n) is 5.72. The lowest BCUT2D eigenvalue weighted by Crippen LogP contribution is -2.01. The number of H-pyrrole nitrogens is 1. The van der Waals surface area contributed by atoms with E-state index in [1.54, 1.807) is 13.3 Å². The number of nitrogens with one attached hydrogen (secondary N) is 1. The Morgan fingerprint density at radius 2 is 2.04 bits per heavy atom. The van der Waals surface area contributed by atoms with Crippen LogP contribution >= 0.6 is 0 Å². The second-order valence-corrected chi connectivity index (χ2v) is 5.72. The molecule has 4 nitrogen and oxygen atoms in total. The maximum absolute atomic E-state index is 9.96. The van der Waals surface area contributed by atoms with Gasteiger partial charge < -0.3 is 14.8 Å².